The molecule has 1 heterocycles. The van der Waals surface area contributed by atoms with Gasteiger partial charge in [-0.1, -0.05) is 19.3 Å². The molecule has 1 saturated carbocycles. The lowest BCUT2D eigenvalue weighted by molar-refractivity contribution is 0.377. The van der Waals surface area contributed by atoms with Crippen LogP contribution in [0, 0.1) is 0 Å². The molecule has 1 N–H and O–H groups in total. The largest absolute Gasteiger partial charge is 0.507 e. The minimum Gasteiger partial charge on any atom is -0.507 e. The van der Waals surface area contributed by atoms with Gasteiger partial charge in [-0.3, -0.25) is 4.79 Å². The second-order valence-electron chi connectivity index (χ2n) is 5.37. The van der Waals surface area contributed by atoms with Crippen molar-refractivity contribution in [2.45, 2.75) is 38.0 Å². The molecule has 3 rings (SSSR count). The van der Waals surface area contributed by atoms with Gasteiger partial charge in [0.15, 0.2) is 5.43 Å². The number of phenolic OH excluding ortho intramolecular Hbond substituents is 1. The lowest BCUT2D eigenvalue weighted by Crippen LogP contribution is -2.09. The summed E-state index contributed by atoms with van der Waals surface area (Å²) >= 11 is 0. The van der Waals surface area contributed by atoms with E-state index in [0.29, 0.717) is 17.3 Å². The Kier molecular flexibility index (Phi) is 3.38. The third-order valence-corrected chi connectivity index (χ3v) is 4.05. The van der Waals surface area contributed by atoms with Crippen LogP contribution in [0.15, 0.2) is 27.4 Å². The fraction of sp³-hybridized carbons (Fsp3) is 0.438. The van der Waals surface area contributed by atoms with E-state index in [4.69, 9.17) is 9.15 Å². The maximum Gasteiger partial charge on any atom is 0.196 e. The number of methoxy groups -OCH3 is 1. The molecule has 0 amide bonds. The van der Waals surface area contributed by atoms with Crippen LogP contribution in [-0.2, 0) is 0 Å². The summed E-state index contributed by atoms with van der Waals surface area (Å²) in [6.07, 6.45) is 5.73. The molecule has 1 aromatic heterocycles. The molecule has 4 nitrogen and oxygen atoms in total. The number of ether oxygens (including phenoxy) is 1. The summed E-state index contributed by atoms with van der Waals surface area (Å²) in [6, 6.07) is 4.62. The van der Waals surface area contributed by atoms with Gasteiger partial charge in [-0.2, -0.15) is 0 Å². The Labute approximate surface area is 117 Å². The molecule has 106 valence electrons. The lowest BCUT2D eigenvalue weighted by atomic mass is 9.87. The minimum atomic E-state index is -0.188. The molecule has 1 aromatic carbocycles. The average molecular weight is 274 g/mol. The van der Waals surface area contributed by atoms with E-state index in [-0.39, 0.29) is 16.6 Å². The Bertz CT molecular complexity index is 681. The molecule has 0 atom stereocenters. The first-order valence-electron chi connectivity index (χ1n) is 7.04. The molecule has 0 spiro atoms. The third kappa shape index (κ3) is 2.26. The van der Waals surface area contributed by atoms with Crippen molar-refractivity contribution in [2.24, 2.45) is 0 Å². The zero-order chi connectivity index (χ0) is 14.1. The number of hydrogen-bond donors (Lipinski definition) is 1. The van der Waals surface area contributed by atoms with Crippen LogP contribution in [0.5, 0.6) is 11.5 Å². The van der Waals surface area contributed by atoms with Gasteiger partial charge in [0.05, 0.1) is 7.11 Å². The van der Waals surface area contributed by atoms with Gasteiger partial charge in [0.1, 0.15) is 28.2 Å². The fourth-order valence-electron chi connectivity index (χ4n) is 2.97. The zero-order valence-electron chi connectivity index (χ0n) is 11.5. The van der Waals surface area contributed by atoms with Gasteiger partial charge in [-0.05, 0) is 12.8 Å². The number of rotatable bonds is 2. The SMILES string of the molecule is COc1cc(O)c2c(=O)cc(C3CCCCC3)oc2c1. The van der Waals surface area contributed by atoms with Crippen molar-refractivity contribution in [3.8, 4) is 11.5 Å². The molecule has 0 radical (unpaired) electrons. The summed E-state index contributed by atoms with van der Waals surface area (Å²) in [4.78, 5) is 12.2. The monoisotopic (exact) mass is 274 g/mol. The first kappa shape index (κ1) is 13.0. The van der Waals surface area contributed by atoms with Crippen molar-refractivity contribution in [2.75, 3.05) is 7.11 Å². The van der Waals surface area contributed by atoms with Gasteiger partial charge in [-0.25, -0.2) is 0 Å². The number of aromatic hydroxyl groups is 1. The Balaban J connectivity index is 2.14. The Morgan fingerprint density at radius 2 is 1.95 bits per heavy atom. The Morgan fingerprint density at radius 3 is 2.65 bits per heavy atom. The van der Waals surface area contributed by atoms with Crippen LogP contribution in [0.4, 0.5) is 0 Å². The lowest BCUT2D eigenvalue weighted by Gasteiger charge is -2.20. The minimum absolute atomic E-state index is 0.0942. The Hall–Kier alpha value is -1.97. The number of fused-ring (bicyclic) bond motifs is 1. The van der Waals surface area contributed by atoms with E-state index >= 15 is 0 Å². The van der Waals surface area contributed by atoms with E-state index < -0.39 is 0 Å². The molecule has 1 aliphatic carbocycles. The first-order valence-corrected chi connectivity index (χ1v) is 7.04. The predicted octanol–water partition coefficient (Wildman–Crippen LogP) is 3.55. The quantitative estimate of drug-likeness (QED) is 0.909. The smallest absolute Gasteiger partial charge is 0.196 e. The highest BCUT2D eigenvalue weighted by Gasteiger charge is 2.20. The zero-order valence-corrected chi connectivity index (χ0v) is 11.5. The van der Waals surface area contributed by atoms with E-state index in [1.165, 1.54) is 38.5 Å². The molecule has 4 heteroatoms. The van der Waals surface area contributed by atoms with Gasteiger partial charge in [0, 0.05) is 24.1 Å². The third-order valence-electron chi connectivity index (χ3n) is 4.05. The number of hydrogen-bond acceptors (Lipinski definition) is 4. The van der Waals surface area contributed by atoms with Crippen LogP contribution in [0.2, 0.25) is 0 Å². The van der Waals surface area contributed by atoms with E-state index in [9.17, 15) is 9.90 Å². The maximum atomic E-state index is 12.2. The number of benzene rings is 1. The summed E-state index contributed by atoms with van der Waals surface area (Å²) in [5, 5.41) is 10.2. The van der Waals surface area contributed by atoms with Gasteiger partial charge in [0.25, 0.3) is 0 Å². The second kappa shape index (κ2) is 5.19. The van der Waals surface area contributed by atoms with Gasteiger partial charge < -0.3 is 14.3 Å². The molecular weight excluding hydrogens is 256 g/mol. The van der Waals surface area contributed by atoms with Crippen molar-refractivity contribution in [3.63, 3.8) is 0 Å². The highest BCUT2D eigenvalue weighted by Crippen LogP contribution is 2.35. The molecule has 20 heavy (non-hydrogen) atoms. The predicted molar refractivity (Wildman–Crippen MR) is 76.5 cm³/mol. The summed E-state index contributed by atoms with van der Waals surface area (Å²) in [6.45, 7) is 0. The van der Waals surface area contributed by atoms with Crippen molar-refractivity contribution >= 4 is 11.0 Å². The molecule has 1 fully saturated rings. The molecule has 1 aliphatic rings. The van der Waals surface area contributed by atoms with Crippen molar-refractivity contribution in [3.05, 3.63) is 34.2 Å². The first-order chi connectivity index (χ1) is 9.69. The topological polar surface area (TPSA) is 59.7 Å². The van der Waals surface area contributed by atoms with Crippen molar-refractivity contribution in [1.82, 2.24) is 0 Å². The van der Waals surface area contributed by atoms with Crippen LogP contribution in [0.25, 0.3) is 11.0 Å². The van der Waals surface area contributed by atoms with Crippen molar-refractivity contribution in [1.29, 1.82) is 0 Å². The van der Waals surface area contributed by atoms with Crippen LogP contribution >= 0.6 is 0 Å². The maximum absolute atomic E-state index is 12.2. The van der Waals surface area contributed by atoms with E-state index in [1.807, 2.05) is 0 Å². The highest BCUT2D eigenvalue weighted by atomic mass is 16.5. The molecule has 2 aromatic rings. The molecule has 0 aliphatic heterocycles. The van der Waals surface area contributed by atoms with Crippen molar-refractivity contribution < 1.29 is 14.3 Å². The summed E-state index contributed by atoms with van der Waals surface area (Å²) < 4.78 is 11.0. The number of phenols is 1. The standard InChI is InChI=1S/C16H18O4/c1-19-11-7-12(17)16-13(18)9-14(20-15(16)8-11)10-5-3-2-4-6-10/h7-10,17H,2-6H2,1H3. The van der Waals surface area contributed by atoms with Crippen LogP contribution < -0.4 is 10.2 Å². The van der Waals surface area contributed by atoms with Gasteiger partial charge >= 0.3 is 0 Å². The molecule has 0 saturated heterocycles. The normalized spacial score (nSPS) is 16.4. The van der Waals surface area contributed by atoms with E-state index in [1.54, 1.807) is 6.07 Å². The van der Waals surface area contributed by atoms with Gasteiger partial charge in [-0.15, -0.1) is 0 Å². The van der Waals surface area contributed by atoms with Gasteiger partial charge in [0.2, 0.25) is 0 Å². The summed E-state index contributed by atoms with van der Waals surface area (Å²) in [5.41, 5.74) is 0.210. The molecule has 0 bridgehead atoms. The van der Waals surface area contributed by atoms with E-state index in [0.717, 1.165) is 18.6 Å². The summed E-state index contributed by atoms with van der Waals surface area (Å²) in [7, 11) is 1.52. The average Bonchev–Trinajstić information content (AvgIpc) is 2.47. The molecule has 0 unspecified atom stereocenters. The van der Waals surface area contributed by atoms with Crippen LogP contribution in [-0.4, -0.2) is 12.2 Å². The highest BCUT2D eigenvalue weighted by molar-refractivity contribution is 5.84. The summed E-state index contributed by atoms with van der Waals surface area (Å²) in [5.74, 6) is 1.44. The van der Waals surface area contributed by atoms with E-state index in [2.05, 4.69) is 0 Å². The fourth-order valence-corrected chi connectivity index (χ4v) is 2.97. The van der Waals surface area contributed by atoms with Crippen LogP contribution in [0.3, 0.4) is 0 Å². The Morgan fingerprint density at radius 1 is 1.20 bits per heavy atom. The molecular formula is C16H18O4. The van der Waals surface area contributed by atoms with Crippen LogP contribution in [0.1, 0.15) is 43.8 Å². The second-order valence-corrected chi connectivity index (χ2v) is 5.37.